The smallest absolute Gasteiger partial charge is 0.340 e. The summed E-state index contributed by atoms with van der Waals surface area (Å²) in [5.41, 5.74) is 1.13. The van der Waals surface area contributed by atoms with Crippen molar-refractivity contribution >= 4 is 29.2 Å². The Kier molecular flexibility index (Phi) is 5.84. The number of nitrogens with zero attached hydrogens (tertiary/aromatic N) is 3. The number of hydrogen-bond donors (Lipinski definition) is 1. The van der Waals surface area contributed by atoms with Crippen LogP contribution in [0, 0.1) is 6.92 Å². The highest BCUT2D eigenvalue weighted by molar-refractivity contribution is 6.29. The molecule has 0 saturated carbocycles. The number of esters is 1. The van der Waals surface area contributed by atoms with Crippen molar-refractivity contribution < 1.29 is 14.3 Å². The second-order valence-electron chi connectivity index (χ2n) is 6.34. The van der Waals surface area contributed by atoms with E-state index < -0.39 is 18.0 Å². The molecule has 1 aromatic carbocycles. The minimum Gasteiger partial charge on any atom is -0.449 e. The van der Waals surface area contributed by atoms with Crippen LogP contribution < -0.4 is 10.9 Å². The molecule has 8 nitrogen and oxygen atoms in total. The van der Waals surface area contributed by atoms with Gasteiger partial charge in [0, 0.05) is 13.2 Å². The van der Waals surface area contributed by atoms with Crippen molar-refractivity contribution in [1.29, 1.82) is 0 Å². The number of carbonyl (C=O) groups is 2. The Morgan fingerprint density at radius 3 is 2.48 bits per heavy atom. The summed E-state index contributed by atoms with van der Waals surface area (Å²) in [6.07, 6.45) is 0.136. The molecule has 0 radical (unpaired) electrons. The van der Waals surface area contributed by atoms with Crippen molar-refractivity contribution in [2.45, 2.75) is 20.0 Å². The number of benzene rings is 1. The zero-order valence-electron chi connectivity index (χ0n) is 16.0. The second-order valence-corrected chi connectivity index (χ2v) is 6.73. The van der Waals surface area contributed by atoms with Crippen molar-refractivity contribution in [2.75, 3.05) is 5.32 Å². The average molecular weight is 415 g/mol. The summed E-state index contributed by atoms with van der Waals surface area (Å²) in [6.45, 7) is 3.14. The number of amides is 1. The minimum absolute atomic E-state index is 0.123. The Morgan fingerprint density at radius 1 is 1.17 bits per heavy atom. The maximum absolute atomic E-state index is 12.8. The molecule has 2 aromatic heterocycles. The van der Waals surface area contributed by atoms with Gasteiger partial charge in [-0.25, -0.2) is 14.5 Å². The number of para-hydroxylation sites is 1. The lowest BCUT2D eigenvalue weighted by Crippen LogP contribution is -2.32. The van der Waals surface area contributed by atoms with Crippen LogP contribution in [-0.4, -0.2) is 32.3 Å². The molecule has 0 aliphatic heterocycles. The lowest BCUT2D eigenvalue weighted by Gasteiger charge is -2.13. The number of carbonyl (C=O) groups excluding carboxylic acids is 2. The number of anilines is 1. The van der Waals surface area contributed by atoms with Crippen LogP contribution in [0.4, 0.5) is 5.69 Å². The predicted molar refractivity (Wildman–Crippen MR) is 109 cm³/mol. The Hall–Kier alpha value is -3.39. The summed E-state index contributed by atoms with van der Waals surface area (Å²) in [6, 6.07) is 11.9. The van der Waals surface area contributed by atoms with Gasteiger partial charge >= 0.3 is 5.97 Å². The highest BCUT2D eigenvalue weighted by Crippen LogP contribution is 2.15. The molecule has 0 unspecified atom stereocenters. The van der Waals surface area contributed by atoms with E-state index in [-0.39, 0.29) is 22.0 Å². The van der Waals surface area contributed by atoms with Crippen molar-refractivity contribution in [3.05, 3.63) is 75.4 Å². The van der Waals surface area contributed by atoms with Crippen LogP contribution in [0.25, 0.3) is 5.69 Å². The summed E-state index contributed by atoms with van der Waals surface area (Å²) in [5.74, 6) is -1.34. The molecule has 150 valence electrons. The third kappa shape index (κ3) is 4.22. The molecule has 0 aliphatic carbocycles. The SMILES string of the molecule is Cc1c(NC(=O)[C@H](C)OC(=O)c2ccc(Cl)nc2)c(=O)n(-c2ccccc2)n1C. The number of pyridine rings is 1. The molecule has 0 saturated heterocycles. The Bertz CT molecular complexity index is 1100. The predicted octanol–water partition coefficient (Wildman–Crippen LogP) is 2.72. The Labute approximate surface area is 171 Å². The van der Waals surface area contributed by atoms with Crippen LogP contribution >= 0.6 is 11.6 Å². The van der Waals surface area contributed by atoms with E-state index in [1.807, 2.05) is 18.2 Å². The van der Waals surface area contributed by atoms with Crippen LogP contribution in [0.5, 0.6) is 0 Å². The van der Waals surface area contributed by atoms with Crippen molar-refractivity contribution in [3.8, 4) is 5.69 Å². The monoisotopic (exact) mass is 414 g/mol. The van der Waals surface area contributed by atoms with E-state index in [2.05, 4.69) is 10.3 Å². The first-order valence-corrected chi connectivity index (χ1v) is 9.15. The molecule has 0 fully saturated rings. The first-order chi connectivity index (χ1) is 13.8. The van der Waals surface area contributed by atoms with E-state index >= 15 is 0 Å². The zero-order valence-corrected chi connectivity index (χ0v) is 16.8. The summed E-state index contributed by atoms with van der Waals surface area (Å²) >= 11 is 5.69. The van der Waals surface area contributed by atoms with Crippen LogP contribution in [0.1, 0.15) is 23.0 Å². The van der Waals surface area contributed by atoms with Gasteiger partial charge in [0.1, 0.15) is 10.8 Å². The van der Waals surface area contributed by atoms with E-state index in [4.69, 9.17) is 16.3 Å². The molecule has 0 aliphatic rings. The molecule has 0 bridgehead atoms. The summed E-state index contributed by atoms with van der Waals surface area (Å²) in [7, 11) is 1.72. The van der Waals surface area contributed by atoms with Crippen LogP contribution in [0.15, 0.2) is 53.5 Å². The van der Waals surface area contributed by atoms with Gasteiger partial charge in [0.25, 0.3) is 11.5 Å². The van der Waals surface area contributed by atoms with Crippen molar-refractivity contribution in [2.24, 2.45) is 7.05 Å². The number of hydrogen-bond acceptors (Lipinski definition) is 5. The maximum atomic E-state index is 12.8. The Balaban J connectivity index is 1.77. The molecule has 9 heteroatoms. The standard InChI is InChI=1S/C20H19ClN4O4/c1-12-17(19(27)25(24(12)3)15-7-5-4-6-8-15)23-18(26)13(2)29-20(28)14-9-10-16(21)22-11-14/h4-11,13H,1-3H3,(H,23,26)/t13-/m0/s1. The molecule has 0 spiro atoms. The zero-order chi connectivity index (χ0) is 21.1. The molecular weight excluding hydrogens is 396 g/mol. The number of nitrogens with one attached hydrogen (secondary N) is 1. The molecule has 29 heavy (non-hydrogen) atoms. The van der Waals surface area contributed by atoms with Gasteiger partial charge in [0.05, 0.1) is 16.9 Å². The molecule has 2 heterocycles. The summed E-state index contributed by atoms with van der Waals surface area (Å²) < 4.78 is 8.25. The van der Waals surface area contributed by atoms with E-state index in [0.29, 0.717) is 11.4 Å². The van der Waals surface area contributed by atoms with E-state index in [0.717, 1.165) is 0 Å². The van der Waals surface area contributed by atoms with Crippen molar-refractivity contribution in [3.63, 3.8) is 0 Å². The second kappa shape index (κ2) is 8.32. The number of halogens is 1. The average Bonchev–Trinajstić information content (AvgIpc) is 2.92. The normalized spacial score (nSPS) is 11.7. The molecule has 3 rings (SSSR count). The molecule has 1 atom stereocenters. The number of rotatable bonds is 5. The van der Waals surface area contributed by atoms with Crippen LogP contribution in [0.3, 0.4) is 0 Å². The van der Waals surface area contributed by atoms with Gasteiger partial charge in [-0.05, 0) is 38.1 Å². The van der Waals surface area contributed by atoms with Gasteiger partial charge in [-0.15, -0.1) is 0 Å². The summed E-state index contributed by atoms with van der Waals surface area (Å²) in [4.78, 5) is 41.3. The highest BCUT2D eigenvalue weighted by Gasteiger charge is 2.23. The molecule has 1 amide bonds. The van der Waals surface area contributed by atoms with Crippen molar-refractivity contribution in [1.82, 2.24) is 14.3 Å². The third-order valence-corrected chi connectivity index (χ3v) is 4.64. The number of ether oxygens (including phenoxy) is 1. The Morgan fingerprint density at radius 2 is 1.86 bits per heavy atom. The topological polar surface area (TPSA) is 95.2 Å². The largest absolute Gasteiger partial charge is 0.449 e. The molecule has 3 aromatic rings. The highest BCUT2D eigenvalue weighted by atomic mass is 35.5. The van der Waals surface area contributed by atoms with Gasteiger partial charge < -0.3 is 10.1 Å². The third-order valence-electron chi connectivity index (χ3n) is 4.42. The van der Waals surface area contributed by atoms with E-state index in [1.165, 1.54) is 29.9 Å². The van der Waals surface area contributed by atoms with Gasteiger partial charge in [0.2, 0.25) is 0 Å². The maximum Gasteiger partial charge on any atom is 0.340 e. The lowest BCUT2D eigenvalue weighted by molar-refractivity contribution is -0.123. The first-order valence-electron chi connectivity index (χ1n) is 8.77. The minimum atomic E-state index is -1.12. The number of aromatic nitrogens is 3. The van der Waals surface area contributed by atoms with Crippen LogP contribution in [0.2, 0.25) is 5.15 Å². The van der Waals surface area contributed by atoms with Gasteiger partial charge in [-0.3, -0.25) is 14.3 Å². The summed E-state index contributed by atoms with van der Waals surface area (Å²) in [5, 5.41) is 2.81. The van der Waals surface area contributed by atoms with Gasteiger partial charge in [-0.2, -0.15) is 0 Å². The fourth-order valence-corrected chi connectivity index (χ4v) is 2.83. The first kappa shape index (κ1) is 20.3. The molecular formula is C20H19ClN4O4. The molecule has 1 N–H and O–H groups in total. The fraction of sp³-hybridized carbons (Fsp3) is 0.200. The van der Waals surface area contributed by atoms with Crippen LogP contribution in [-0.2, 0) is 16.6 Å². The fourth-order valence-electron chi connectivity index (χ4n) is 2.72. The van der Waals surface area contributed by atoms with E-state index in [1.54, 1.807) is 30.8 Å². The lowest BCUT2D eigenvalue weighted by atomic mass is 10.3. The van der Waals surface area contributed by atoms with E-state index in [9.17, 15) is 14.4 Å². The van der Waals surface area contributed by atoms with Gasteiger partial charge in [-0.1, -0.05) is 29.8 Å². The van der Waals surface area contributed by atoms with Gasteiger partial charge in [0.15, 0.2) is 6.10 Å². The quantitative estimate of drug-likeness (QED) is 0.511.